The molecule has 6 nitrogen and oxygen atoms in total. The van der Waals surface area contributed by atoms with Crippen molar-refractivity contribution in [1.82, 2.24) is 9.80 Å². The van der Waals surface area contributed by atoms with Gasteiger partial charge < -0.3 is 20.3 Å². The molecule has 1 aliphatic heterocycles. The number of nitrogens with zero attached hydrogens (tertiary/aromatic N) is 2. The molecule has 21 heavy (non-hydrogen) atoms. The van der Waals surface area contributed by atoms with E-state index in [-0.39, 0.29) is 11.8 Å². The van der Waals surface area contributed by atoms with Crippen molar-refractivity contribution in [1.29, 1.82) is 0 Å². The number of hydrogen-bond donors (Lipinski definition) is 1. The van der Waals surface area contributed by atoms with E-state index >= 15 is 0 Å². The third-order valence-electron chi connectivity index (χ3n) is 3.61. The molecule has 1 fully saturated rings. The van der Waals surface area contributed by atoms with E-state index in [2.05, 4.69) is 0 Å². The minimum atomic E-state index is -0.0106. The highest BCUT2D eigenvalue weighted by Crippen LogP contribution is 2.14. The number of amides is 2. The molecular weight excluding hydrogens is 270 g/mol. The van der Waals surface area contributed by atoms with Crippen LogP contribution in [0.5, 0.6) is 5.75 Å². The maximum atomic E-state index is 12.4. The molecule has 0 radical (unpaired) electrons. The molecule has 0 saturated carbocycles. The fraction of sp³-hybridized carbons (Fsp3) is 0.467. The largest absolute Gasteiger partial charge is 0.497 e. The smallest absolute Gasteiger partial charge is 0.253 e. The second kappa shape index (κ2) is 7.08. The van der Waals surface area contributed by atoms with Gasteiger partial charge in [-0.05, 0) is 24.3 Å². The van der Waals surface area contributed by atoms with E-state index in [1.165, 1.54) is 0 Å². The second-order valence-corrected chi connectivity index (χ2v) is 4.94. The number of hydrogen-bond acceptors (Lipinski definition) is 4. The minimum absolute atomic E-state index is 0.0106. The normalized spacial score (nSPS) is 15.0. The van der Waals surface area contributed by atoms with Gasteiger partial charge in [-0.2, -0.15) is 0 Å². The van der Waals surface area contributed by atoms with Crippen LogP contribution in [0.4, 0.5) is 0 Å². The van der Waals surface area contributed by atoms with Gasteiger partial charge in [-0.15, -0.1) is 0 Å². The molecule has 114 valence electrons. The second-order valence-electron chi connectivity index (χ2n) is 4.94. The predicted octanol–water partition coefficient (Wildman–Crippen LogP) is 0.328. The van der Waals surface area contributed by atoms with Gasteiger partial charge in [-0.3, -0.25) is 9.59 Å². The Kier molecular flexibility index (Phi) is 5.16. The van der Waals surface area contributed by atoms with Gasteiger partial charge in [0.25, 0.3) is 5.91 Å². The highest BCUT2D eigenvalue weighted by molar-refractivity contribution is 5.94. The number of piperazine rings is 1. The Bertz CT molecular complexity index is 493. The molecule has 0 aliphatic carbocycles. The molecule has 0 bridgehead atoms. The van der Waals surface area contributed by atoms with Crippen LogP contribution in [-0.2, 0) is 4.79 Å². The summed E-state index contributed by atoms with van der Waals surface area (Å²) in [5.74, 6) is 0.779. The van der Waals surface area contributed by atoms with Gasteiger partial charge in [0, 0.05) is 44.7 Å². The first kappa shape index (κ1) is 15.3. The number of ether oxygens (including phenoxy) is 1. The Morgan fingerprint density at radius 1 is 1.10 bits per heavy atom. The van der Waals surface area contributed by atoms with Gasteiger partial charge in [0.05, 0.1) is 7.11 Å². The first-order chi connectivity index (χ1) is 10.2. The summed E-state index contributed by atoms with van der Waals surface area (Å²) in [6.45, 7) is 2.62. The molecule has 1 aliphatic rings. The lowest BCUT2D eigenvalue weighted by Crippen LogP contribution is -2.50. The lowest BCUT2D eigenvalue weighted by molar-refractivity contribution is -0.132. The van der Waals surface area contributed by atoms with Gasteiger partial charge in [-0.1, -0.05) is 0 Å². The number of benzene rings is 1. The number of rotatable bonds is 4. The zero-order valence-corrected chi connectivity index (χ0v) is 12.2. The van der Waals surface area contributed by atoms with Crippen molar-refractivity contribution in [3.63, 3.8) is 0 Å². The first-order valence-electron chi connectivity index (χ1n) is 7.07. The van der Waals surface area contributed by atoms with Crippen molar-refractivity contribution in [3.05, 3.63) is 29.8 Å². The van der Waals surface area contributed by atoms with E-state index in [4.69, 9.17) is 10.5 Å². The predicted molar refractivity (Wildman–Crippen MR) is 79.1 cm³/mol. The van der Waals surface area contributed by atoms with Gasteiger partial charge in [0.2, 0.25) is 5.91 Å². The van der Waals surface area contributed by atoms with Gasteiger partial charge in [0.1, 0.15) is 5.75 Å². The Hall–Kier alpha value is -2.08. The molecule has 1 heterocycles. The Morgan fingerprint density at radius 3 is 2.19 bits per heavy atom. The molecule has 2 N–H and O–H groups in total. The molecule has 1 saturated heterocycles. The van der Waals surface area contributed by atoms with Crippen molar-refractivity contribution in [2.24, 2.45) is 5.73 Å². The highest BCUT2D eigenvalue weighted by Gasteiger charge is 2.24. The maximum absolute atomic E-state index is 12.4. The zero-order valence-electron chi connectivity index (χ0n) is 12.2. The van der Waals surface area contributed by atoms with Crippen molar-refractivity contribution in [3.8, 4) is 5.75 Å². The van der Waals surface area contributed by atoms with E-state index in [0.29, 0.717) is 44.7 Å². The van der Waals surface area contributed by atoms with Crippen molar-refractivity contribution in [2.45, 2.75) is 6.42 Å². The number of carbonyl (C=O) groups is 2. The molecule has 0 unspecified atom stereocenters. The van der Waals surface area contributed by atoms with E-state index in [1.54, 1.807) is 41.2 Å². The Balaban J connectivity index is 1.92. The Labute approximate surface area is 124 Å². The van der Waals surface area contributed by atoms with Crippen LogP contribution in [-0.4, -0.2) is 61.4 Å². The number of nitrogens with two attached hydrogens (primary N) is 1. The van der Waals surface area contributed by atoms with E-state index in [0.717, 1.165) is 5.75 Å². The van der Waals surface area contributed by atoms with Gasteiger partial charge >= 0.3 is 0 Å². The number of methoxy groups -OCH3 is 1. The minimum Gasteiger partial charge on any atom is -0.497 e. The third-order valence-corrected chi connectivity index (χ3v) is 3.61. The average Bonchev–Trinajstić information content (AvgIpc) is 2.54. The molecule has 2 amide bonds. The van der Waals surface area contributed by atoms with Gasteiger partial charge in [-0.25, -0.2) is 0 Å². The summed E-state index contributed by atoms with van der Waals surface area (Å²) in [5, 5.41) is 0. The molecule has 1 aromatic rings. The van der Waals surface area contributed by atoms with Gasteiger partial charge in [0.15, 0.2) is 0 Å². The van der Waals surface area contributed by atoms with Crippen LogP contribution in [0, 0.1) is 0 Å². The topological polar surface area (TPSA) is 75.9 Å². The van der Waals surface area contributed by atoms with Crippen LogP contribution in [0.25, 0.3) is 0 Å². The van der Waals surface area contributed by atoms with Crippen LogP contribution in [0.1, 0.15) is 16.8 Å². The van der Waals surface area contributed by atoms with Crippen molar-refractivity contribution in [2.75, 3.05) is 39.8 Å². The summed E-state index contributed by atoms with van der Waals surface area (Å²) in [6, 6.07) is 7.06. The van der Waals surface area contributed by atoms with Crippen molar-refractivity contribution < 1.29 is 14.3 Å². The zero-order chi connectivity index (χ0) is 15.2. The quantitative estimate of drug-likeness (QED) is 0.867. The molecule has 0 spiro atoms. The molecular formula is C15H21N3O3. The Morgan fingerprint density at radius 2 is 1.67 bits per heavy atom. The molecule has 2 rings (SSSR count). The molecule has 1 aromatic carbocycles. The van der Waals surface area contributed by atoms with Crippen LogP contribution in [0.3, 0.4) is 0 Å². The summed E-state index contributed by atoms with van der Waals surface area (Å²) in [4.78, 5) is 27.6. The SMILES string of the molecule is COc1ccc(C(=O)N2CCN(C(=O)CCN)CC2)cc1. The van der Waals surface area contributed by atoms with Crippen LogP contribution in [0.15, 0.2) is 24.3 Å². The summed E-state index contributed by atoms with van der Waals surface area (Å²) < 4.78 is 5.08. The summed E-state index contributed by atoms with van der Waals surface area (Å²) >= 11 is 0. The lowest BCUT2D eigenvalue weighted by Gasteiger charge is -2.34. The lowest BCUT2D eigenvalue weighted by atomic mass is 10.1. The van der Waals surface area contributed by atoms with E-state index in [1.807, 2.05) is 0 Å². The summed E-state index contributed by atoms with van der Waals surface area (Å²) in [5.41, 5.74) is 6.03. The number of carbonyl (C=O) groups excluding carboxylic acids is 2. The van der Waals surface area contributed by atoms with Crippen molar-refractivity contribution >= 4 is 11.8 Å². The summed E-state index contributed by atoms with van der Waals surface area (Å²) in [6.07, 6.45) is 0.367. The molecule has 6 heteroatoms. The van der Waals surface area contributed by atoms with E-state index < -0.39 is 0 Å². The third kappa shape index (κ3) is 3.72. The van der Waals surface area contributed by atoms with E-state index in [9.17, 15) is 9.59 Å². The fourth-order valence-corrected chi connectivity index (χ4v) is 2.36. The van der Waals surface area contributed by atoms with Crippen LogP contribution < -0.4 is 10.5 Å². The fourth-order valence-electron chi connectivity index (χ4n) is 2.36. The summed E-state index contributed by atoms with van der Waals surface area (Å²) in [7, 11) is 1.59. The first-order valence-corrected chi connectivity index (χ1v) is 7.07. The monoisotopic (exact) mass is 291 g/mol. The average molecular weight is 291 g/mol. The molecule has 0 atom stereocenters. The molecule has 0 aromatic heterocycles. The maximum Gasteiger partial charge on any atom is 0.253 e. The highest BCUT2D eigenvalue weighted by atomic mass is 16.5. The van der Waals surface area contributed by atoms with Crippen LogP contribution in [0.2, 0.25) is 0 Å². The van der Waals surface area contributed by atoms with Crippen LogP contribution >= 0.6 is 0 Å². The standard InChI is InChI=1S/C15H21N3O3/c1-21-13-4-2-12(3-5-13)15(20)18-10-8-17(9-11-18)14(19)6-7-16/h2-5H,6-11,16H2,1H3.